The highest BCUT2D eigenvalue weighted by Crippen LogP contribution is 2.26. The molecule has 5 heteroatoms. The van der Waals surface area contributed by atoms with Gasteiger partial charge in [-0.2, -0.15) is 0 Å². The van der Waals surface area contributed by atoms with Gasteiger partial charge in [0.25, 0.3) is 5.91 Å². The fourth-order valence-corrected chi connectivity index (χ4v) is 2.33. The SMILES string of the molecule is CC1(CNC(=O)c2ccc(O)c(O)c2)CCCNC1. The maximum atomic E-state index is 12.0. The molecule has 1 aromatic carbocycles. The minimum atomic E-state index is -0.279. The van der Waals surface area contributed by atoms with E-state index in [1.807, 2.05) is 0 Å². The Morgan fingerprint density at radius 1 is 1.42 bits per heavy atom. The van der Waals surface area contributed by atoms with Crippen LogP contribution in [0.1, 0.15) is 30.1 Å². The fraction of sp³-hybridized carbons (Fsp3) is 0.500. The summed E-state index contributed by atoms with van der Waals surface area (Å²) in [5.74, 6) is -0.736. The minimum absolute atomic E-state index is 0.0763. The lowest BCUT2D eigenvalue weighted by Gasteiger charge is -2.34. The Bertz CT molecular complexity index is 468. The largest absolute Gasteiger partial charge is 0.504 e. The Morgan fingerprint density at radius 2 is 2.21 bits per heavy atom. The van der Waals surface area contributed by atoms with Crippen molar-refractivity contribution in [3.63, 3.8) is 0 Å². The average Bonchev–Trinajstić information content (AvgIpc) is 2.40. The average molecular weight is 264 g/mol. The zero-order chi connectivity index (χ0) is 13.9. The molecule has 1 fully saturated rings. The van der Waals surface area contributed by atoms with Gasteiger partial charge in [0, 0.05) is 18.7 Å². The third kappa shape index (κ3) is 3.38. The monoisotopic (exact) mass is 264 g/mol. The van der Waals surface area contributed by atoms with Gasteiger partial charge < -0.3 is 20.8 Å². The molecule has 1 aliphatic rings. The summed E-state index contributed by atoms with van der Waals surface area (Å²) in [4.78, 5) is 12.0. The third-order valence-electron chi connectivity index (χ3n) is 3.60. The molecular weight excluding hydrogens is 244 g/mol. The van der Waals surface area contributed by atoms with Gasteiger partial charge in [0.15, 0.2) is 11.5 Å². The summed E-state index contributed by atoms with van der Waals surface area (Å²) < 4.78 is 0. The van der Waals surface area contributed by atoms with Gasteiger partial charge in [-0.15, -0.1) is 0 Å². The van der Waals surface area contributed by atoms with E-state index in [0.717, 1.165) is 25.9 Å². The smallest absolute Gasteiger partial charge is 0.251 e. The van der Waals surface area contributed by atoms with Crippen LogP contribution in [0.3, 0.4) is 0 Å². The molecule has 0 bridgehead atoms. The predicted molar refractivity (Wildman–Crippen MR) is 72.3 cm³/mol. The number of aromatic hydroxyl groups is 2. The van der Waals surface area contributed by atoms with Crippen LogP contribution in [0.4, 0.5) is 0 Å². The lowest BCUT2D eigenvalue weighted by atomic mass is 9.83. The van der Waals surface area contributed by atoms with Gasteiger partial charge in [-0.05, 0) is 43.0 Å². The highest BCUT2D eigenvalue weighted by Gasteiger charge is 2.27. The molecule has 1 atom stereocenters. The maximum Gasteiger partial charge on any atom is 0.251 e. The van der Waals surface area contributed by atoms with Gasteiger partial charge in [0.1, 0.15) is 0 Å². The molecule has 0 aromatic heterocycles. The fourth-order valence-electron chi connectivity index (χ4n) is 2.33. The van der Waals surface area contributed by atoms with Crippen LogP contribution in [0.25, 0.3) is 0 Å². The first-order chi connectivity index (χ1) is 9.00. The Kier molecular flexibility index (Phi) is 3.95. The Morgan fingerprint density at radius 3 is 2.84 bits per heavy atom. The van der Waals surface area contributed by atoms with E-state index in [4.69, 9.17) is 0 Å². The van der Waals surface area contributed by atoms with Gasteiger partial charge in [0.05, 0.1) is 0 Å². The van der Waals surface area contributed by atoms with Crippen molar-refractivity contribution in [2.45, 2.75) is 19.8 Å². The zero-order valence-corrected chi connectivity index (χ0v) is 11.1. The summed E-state index contributed by atoms with van der Waals surface area (Å²) in [5, 5.41) is 24.8. The van der Waals surface area contributed by atoms with E-state index in [2.05, 4.69) is 17.6 Å². The van der Waals surface area contributed by atoms with Gasteiger partial charge in [-0.25, -0.2) is 0 Å². The van der Waals surface area contributed by atoms with E-state index < -0.39 is 0 Å². The number of phenols is 2. The first-order valence-corrected chi connectivity index (χ1v) is 6.51. The highest BCUT2D eigenvalue weighted by molar-refractivity contribution is 5.94. The van der Waals surface area contributed by atoms with Gasteiger partial charge in [-0.3, -0.25) is 4.79 Å². The number of carbonyl (C=O) groups is 1. The Labute approximate surface area is 112 Å². The third-order valence-corrected chi connectivity index (χ3v) is 3.60. The van der Waals surface area contributed by atoms with Gasteiger partial charge in [0.2, 0.25) is 0 Å². The normalized spacial score (nSPS) is 23.0. The molecule has 0 spiro atoms. The van der Waals surface area contributed by atoms with Crippen molar-refractivity contribution in [2.24, 2.45) is 5.41 Å². The number of carbonyl (C=O) groups excluding carboxylic acids is 1. The molecular formula is C14H20N2O3. The number of phenolic OH excluding ortho intramolecular Hbond substituents is 2. The van der Waals surface area contributed by atoms with Crippen molar-refractivity contribution in [1.29, 1.82) is 0 Å². The Balaban J connectivity index is 1.95. The quantitative estimate of drug-likeness (QED) is 0.619. The van der Waals surface area contributed by atoms with E-state index in [1.165, 1.54) is 18.2 Å². The first-order valence-electron chi connectivity index (χ1n) is 6.51. The summed E-state index contributed by atoms with van der Waals surface area (Å²) in [6.07, 6.45) is 2.20. The summed E-state index contributed by atoms with van der Waals surface area (Å²) in [5.41, 5.74) is 0.426. The van der Waals surface area contributed by atoms with E-state index in [-0.39, 0.29) is 22.8 Å². The summed E-state index contributed by atoms with van der Waals surface area (Å²) >= 11 is 0. The molecule has 104 valence electrons. The van der Waals surface area contributed by atoms with Crippen LogP contribution in [-0.4, -0.2) is 35.8 Å². The van der Waals surface area contributed by atoms with Gasteiger partial charge in [-0.1, -0.05) is 6.92 Å². The lowest BCUT2D eigenvalue weighted by molar-refractivity contribution is 0.0924. The molecule has 5 nitrogen and oxygen atoms in total. The molecule has 1 saturated heterocycles. The number of piperidine rings is 1. The van der Waals surface area contributed by atoms with Crippen molar-refractivity contribution in [3.05, 3.63) is 23.8 Å². The number of rotatable bonds is 3. The standard InChI is InChI=1S/C14H20N2O3/c1-14(5-2-6-15-8-14)9-16-13(19)10-3-4-11(17)12(18)7-10/h3-4,7,15,17-18H,2,5-6,8-9H2,1H3,(H,16,19). The zero-order valence-electron chi connectivity index (χ0n) is 11.1. The minimum Gasteiger partial charge on any atom is -0.504 e. The van der Waals surface area contributed by atoms with E-state index in [1.54, 1.807) is 0 Å². The summed E-state index contributed by atoms with van der Waals surface area (Å²) in [6, 6.07) is 4.08. The topological polar surface area (TPSA) is 81.6 Å². The number of nitrogens with one attached hydrogen (secondary N) is 2. The highest BCUT2D eigenvalue weighted by atomic mass is 16.3. The summed E-state index contributed by atoms with van der Waals surface area (Å²) in [6.45, 7) is 4.68. The molecule has 0 saturated carbocycles. The molecule has 1 aliphatic heterocycles. The maximum absolute atomic E-state index is 12.0. The van der Waals surface area contributed by atoms with Crippen molar-refractivity contribution in [1.82, 2.24) is 10.6 Å². The molecule has 1 aromatic rings. The summed E-state index contributed by atoms with van der Waals surface area (Å²) in [7, 11) is 0. The van der Waals surface area contributed by atoms with Crippen LogP contribution in [0.2, 0.25) is 0 Å². The molecule has 19 heavy (non-hydrogen) atoms. The predicted octanol–water partition coefficient (Wildman–Crippen LogP) is 1.22. The first kappa shape index (κ1) is 13.7. The van der Waals surface area contributed by atoms with Crippen molar-refractivity contribution in [2.75, 3.05) is 19.6 Å². The second-order valence-electron chi connectivity index (χ2n) is 5.48. The number of benzene rings is 1. The van der Waals surface area contributed by atoms with E-state index >= 15 is 0 Å². The molecule has 1 heterocycles. The van der Waals surface area contributed by atoms with Crippen LogP contribution in [0.5, 0.6) is 11.5 Å². The van der Waals surface area contributed by atoms with E-state index in [0.29, 0.717) is 12.1 Å². The van der Waals surface area contributed by atoms with Crippen LogP contribution in [-0.2, 0) is 0 Å². The van der Waals surface area contributed by atoms with E-state index in [9.17, 15) is 15.0 Å². The molecule has 2 rings (SSSR count). The molecule has 0 radical (unpaired) electrons. The lowest BCUT2D eigenvalue weighted by Crippen LogP contribution is -2.45. The molecule has 1 amide bonds. The molecule has 0 aliphatic carbocycles. The number of hydrogen-bond acceptors (Lipinski definition) is 4. The van der Waals surface area contributed by atoms with Crippen molar-refractivity contribution < 1.29 is 15.0 Å². The van der Waals surface area contributed by atoms with Crippen molar-refractivity contribution in [3.8, 4) is 11.5 Å². The molecule has 1 unspecified atom stereocenters. The van der Waals surface area contributed by atoms with Gasteiger partial charge >= 0.3 is 0 Å². The number of hydrogen-bond donors (Lipinski definition) is 4. The Hall–Kier alpha value is -1.75. The molecule has 4 N–H and O–H groups in total. The van der Waals surface area contributed by atoms with Crippen LogP contribution in [0.15, 0.2) is 18.2 Å². The van der Waals surface area contributed by atoms with Crippen LogP contribution < -0.4 is 10.6 Å². The second kappa shape index (κ2) is 5.48. The number of amides is 1. The van der Waals surface area contributed by atoms with Crippen LogP contribution in [0, 0.1) is 5.41 Å². The van der Waals surface area contributed by atoms with Crippen molar-refractivity contribution >= 4 is 5.91 Å². The second-order valence-corrected chi connectivity index (χ2v) is 5.48. The van der Waals surface area contributed by atoms with Crippen LogP contribution >= 0.6 is 0 Å².